The van der Waals surface area contributed by atoms with Gasteiger partial charge >= 0.3 is 0 Å². The molecule has 0 radical (unpaired) electrons. The third-order valence-electron chi connectivity index (χ3n) is 4.75. The molecule has 2 amide bonds. The maximum absolute atomic E-state index is 13.4. The summed E-state index contributed by atoms with van der Waals surface area (Å²) in [4.78, 5) is 27.9. The van der Waals surface area contributed by atoms with Crippen LogP contribution in [0.2, 0.25) is 5.02 Å². The van der Waals surface area contributed by atoms with Crippen LogP contribution in [0.4, 0.5) is 4.39 Å². The van der Waals surface area contributed by atoms with Crippen LogP contribution in [0, 0.1) is 18.7 Å². The zero-order valence-electron chi connectivity index (χ0n) is 19.9. The molecule has 0 spiro atoms. The molecule has 1 unspecified atom stereocenters. The lowest BCUT2D eigenvalue weighted by atomic mass is 9.99. The van der Waals surface area contributed by atoms with Crippen molar-refractivity contribution in [1.29, 1.82) is 0 Å². The molecule has 0 aromatic heterocycles. The minimum absolute atomic E-state index is 0.0573. The van der Waals surface area contributed by atoms with Crippen molar-refractivity contribution in [2.24, 2.45) is 16.6 Å². The Morgan fingerprint density at radius 1 is 1.24 bits per heavy atom. The molecule has 33 heavy (non-hydrogen) atoms. The third kappa shape index (κ3) is 9.61. The highest BCUT2D eigenvalue weighted by molar-refractivity contribution is 6.30. The fraction of sp³-hybridized carbons (Fsp3) is 0.400. The number of carbonyl (C=O) groups is 2. The van der Waals surface area contributed by atoms with E-state index in [1.54, 1.807) is 6.07 Å². The van der Waals surface area contributed by atoms with Gasteiger partial charge in [0.15, 0.2) is 5.96 Å². The number of guanidine groups is 1. The number of carbonyl (C=O) groups excluding carboxylic acids is 2. The Morgan fingerprint density at radius 3 is 2.48 bits per heavy atom. The highest BCUT2D eigenvalue weighted by atomic mass is 35.5. The fourth-order valence-corrected chi connectivity index (χ4v) is 3.36. The topological polar surface area (TPSA) is 87.8 Å². The monoisotopic (exact) mass is 476 g/mol. The number of nitrogens with one attached hydrogen (secondary N) is 1. The second kappa shape index (κ2) is 14.3. The van der Waals surface area contributed by atoms with Gasteiger partial charge in [0.25, 0.3) is 0 Å². The molecular formula is C25H34ClFN4O2. The largest absolute Gasteiger partial charge is 0.369 e. The Morgan fingerprint density at radius 2 is 1.94 bits per heavy atom. The van der Waals surface area contributed by atoms with Gasteiger partial charge in [-0.05, 0) is 53.8 Å². The molecule has 8 heteroatoms. The van der Waals surface area contributed by atoms with E-state index in [4.69, 9.17) is 17.3 Å². The average molecular weight is 477 g/mol. The molecule has 6 nitrogen and oxygen atoms in total. The number of halogens is 2. The van der Waals surface area contributed by atoms with Gasteiger partial charge in [0.1, 0.15) is 5.82 Å². The lowest BCUT2D eigenvalue weighted by Gasteiger charge is -2.30. The zero-order chi connectivity index (χ0) is 25.0. The molecule has 1 atom stereocenters. The number of rotatable bonds is 6. The Bertz CT molecular complexity index is 930. The zero-order valence-corrected chi connectivity index (χ0v) is 20.7. The summed E-state index contributed by atoms with van der Waals surface area (Å²) in [7, 11) is 0. The van der Waals surface area contributed by atoms with E-state index in [9.17, 15) is 14.0 Å². The van der Waals surface area contributed by atoms with Crippen molar-refractivity contribution in [1.82, 2.24) is 10.2 Å². The quantitative estimate of drug-likeness (QED) is 0.586. The Labute approximate surface area is 201 Å². The molecular weight excluding hydrogens is 443 g/mol. The Hall–Kier alpha value is -2.93. The molecule has 0 bridgehead atoms. The van der Waals surface area contributed by atoms with E-state index < -0.39 is 0 Å². The van der Waals surface area contributed by atoms with Crippen molar-refractivity contribution < 1.29 is 14.0 Å². The molecule has 0 saturated heterocycles. The van der Waals surface area contributed by atoms with Crippen LogP contribution in [0.5, 0.6) is 0 Å². The highest BCUT2D eigenvalue weighted by Gasteiger charge is 2.29. The molecule has 2 aromatic rings. The van der Waals surface area contributed by atoms with E-state index in [1.807, 2.05) is 58.9 Å². The normalized spacial score (nSPS) is 15.0. The first kappa shape index (κ1) is 28.1. The molecule has 0 aliphatic carbocycles. The first-order valence-electron chi connectivity index (χ1n) is 11.0. The molecule has 1 aliphatic heterocycles. The summed E-state index contributed by atoms with van der Waals surface area (Å²) in [6, 6.07) is 12.0. The molecule has 3 N–H and O–H groups in total. The number of aliphatic imine (C=N–C) groups is 1. The predicted octanol–water partition coefficient (Wildman–Crippen LogP) is 4.82. The van der Waals surface area contributed by atoms with Gasteiger partial charge in [0.05, 0.1) is 19.0 Å². The van der Waals surface area contributed by atoms with Crippen molar-refractivity contribution in [2.45, 2.75) is 60.2 Å². The lowest BCUT2D eigenvalue weighted by molar-refractivity contribution is -0.129. The highest BCUT2D eigenvalue weighted by Crippen LogP contribution is 2.20. The molecule has 180 valence electrons. The molecule has 3 rings (SSSR count). The summed E-state index contributed by atoms with van der Waals surface area (Å²) < 4.78 is 13.4. The van der Waals surface area contributed by atoms with E-state index in [1.165, 1.54) is 17.0 Å². The molecule has 0 fully saturated rings. The Kier molecular flexibility index (Phi) is 12.1. The number of aryl methyl sites for hydroxylation is 1. The van der Waals surface area contributed by atoms with Crippen LogP contribution in [-0.4, -0.2) is 29.2 Å². The summed E-state index contributed by atoms with van der Waals surface area (Å²) in [5.74, 6) is 0.135. The van der Waals surface area contributed by atoms with Crippen LogP contribution in [0.25, 0.3) is 0 Å². The summed E-state index contributed by atoms with van der Waals surface area (Å²) >= 11 is 5.71. The molecule has 1 aliphatic rings. The van der Waals surface area contributed by atoms with Gasteiger partial charge in [0.2, 0.25) is 12.3 Å². The minimum atomic E-state index is -0.306. The van der Waals surface area contributed by atoms with Crippen LogP contribution >= 0.6 is 11.6 Å². The van der Waals surface area contributed by atoms with Crippen molar-refractivity contribution >= 4 is 29.9 Å². The molecule has 0 saturated carbocycles. The van der Waals surface area contributed by atoms with Gasteiger partial charge in [-0.25, -0.2) is 9.38 Å². The van der Waals surface area contributed by atoms with Crippen molar-refractivity contribution in [2.75, 3.05) is 0 Å². The van der Waals surface area contributed by atoms with Crippen LogP contribution < -0.4 is 11.1 Å². The second-order valence-electron chi connectivity index (χ2n) is 7.75. The predicted molar refractivity (Wildman–Crippen MR) is 132 cm³/mol. The standard InChI is InChI=1S/C15H20FN3O.C8H8ClNO.C2H6/c1-9(2)13-7-14(20)19(15(17)18-13)8-11-4-10(3)5-12(16)6-11;9-8-3-1-2-7(4-8)5-10-6-11;1-2/h4-6,9,13H,7-8H2,1-3H3,(H2,17,18);1-4,6H,5H2,(H,10,11);1-2H3. The number of hydrogen-bond acceptors (Lipinski definition) is 4. The van der Waals surface area contributed by atoms with Crippen molar-refractivity contribution in [3.63, 3.8) is 0 Å². The first-order valence-corrected chi connectivity index (χ1v) is 11.4. The van der Waals surface area contributed by atoms with Crippen LogP contribution in [0.15, 0.2) is 47.5 Å². The maximum Gasteiger partial charge on any atom is 0.231 e. The molecule has 2 aromatic carbocycles. The summed E-state index contributed by atoms with van der Waals surface area (Å²) in [5.41, 5.74) is 8.43. The number of nitrogens with zero attached hydrogens (tertiary/aromatic N) is 2. The van der Waals surface area contributed by atoms with Gasteiger partial charge < -0.3 is 11.1 Å². The van der Waals surface area contributed by atoms with E-state index in [0.29, 0.717) is 24.4 Å². The van der Waals surface area contributed by atoms with Crippen molar-refractivity contribution in [3.8, 4) is 0 Å². The van der Waals surface area contributed by atoms with Gasteiger partial charge in [-0.2, -0.15) is 0 Å². The second-order valence-corrected chi connectivity index (χ2v) is 8.18. The molecule has 1 heterocycles. The van der Waals surface area contributed by atoms with Crippen LogP contribution in [0.1, 0.15) is 50.8 Å². The lowest BCUT2D eigenvalue weighted by Crippen LogP contribution is -2.47. The number of benzene rings is 2. The van der Waals surface area contributed by atoms with E-state index in [0.717, 1.165) is 16.7 Å². The van der Waals surface area contributed by atoms with E-state index in [2.05, 4.69) is 10.3 Å². The van der Waals surface area contributed by atoms with Crippen LogP contribution in [-0.2, 0) is 22.7 Å². The van der Waals surface area contributed by atoms with E-state index >= 15 is 0 Å². The van der Waals surface area contributed by atoms with Gasteiger partial charge in [-0.3, -0.25) is 14.5 Å². The van der Waals surface area contributed by atoms with E-state index in [-0.39, 0.29) is 36.2 Å². The first-order chi connectivity index (χ1) is 15.7. The number of hydrogen-bond donors (Lipinski definition) is 2. The number of amides is 2. The smallest absolute Gasteiger partial charge is 0.231 e. The third-order valence-corrected chi connectivity index (χ3v) is 4.99. The fourth-order valence-electron chi connectivity index (χ4n) is 3.15. The van der Waals surface area contributed by atoms with Crippen molar-refractivity contribution in [3.05, 3.63) is 70.0 Å². The van der Waals surface area contributed by atoms with Gasteiger partial charge in [-0.15, -0.1) is 0 Å². The number of nitrogens with two attached hydrogens (primary N) is 1. The minimum Gasteiger partial charge on any atom is -0.369 e. The van der Waals surface area contributed by atoms with Gasteiger partial charge in [0, 0.05) is 11.6 Å². The summed E-state index contributed by atoms with van der Waals surface area (Å²) in [6.07, 6.45) is 1.02. The maximum atomic E-state index is 13.4. The average Bonchev–Trinajstić information content (AvgIpc) is 2.76. The SMILES string of the molecule is CC.Cc1cc(F)cc(CN2C(=O)CC(C(C)C)N=C2N)c1.O=CNCc1cccc(Cl)c1. The van der Waals surface area contributed by atoms with Crippen LogP contribution in [0.3, 0.4) is 0 Å². The summed E-state index contributed by atoms with van der Waals surface area (Å²) in [5, 5.41) is 3.24. The van der Waals surface area contributed by atoms with Gasteiger partial charge in [-0.1, -0.05) is 57.5 Å². The summed E-state index contributed by atoms with van der Waals surface area (Å²) in [6.45, 7) is 10.6. The Balaban J connectivity index is 0.000000354.